The van der Waals surface area contributed by atoms with Gasteiger partial charge in [0.1, 0.15) is 5.82 Å². The fraction of sp³-hybridized carbons (Fsp3) is 0.214. The van der Waals surface area contributed by atoms with E-state index >= 15 is 0 Å². The Kier molecular flexibility index (Phi) is 5.19. The van der Waals surface area contributed by atoms with Crippen molar-refractivity contribution >= 4 is 26.7 Å². The third kappa shape index (κ3) is 3.72. The lowest BCUT2D eigenvalue weighted by molar-refractivity contribution is 0.362. The molecule has 1 aliphatic heterocycles. The summed E-state index contributed by atoms with van der Waals surface area (Å²) in [6.07, 6.45) is 6.12. The normalized spacial score (nSPS) is 15.7. The fourth-order valence-electron chi connectivity index (χ4n) is 5.11. The summed E-state index contributed by atoms with van der Waals surface area (Å²) in [7, 11) is 0. The maximum atomic E-state index is 4.95. The van der Waals surface area contributed by atoms with Gasteiger partial charge in [-0.05, 0) is 36.1 Å². The summed E-state index contributed by atoms with van der Waals surface area (Å²) in [5, 5.41) is 1.13. The maximum Gasteiger partial charge on any atom is 0.186 e. The molecule has 6 rings (SSSR count). The van der Waals surface area contributed by atoms with Crippen molar-refractivity contribution in [2.24, 2.45) is 0 Å². The molecule has 1 saturated heterocycles. The van der Waals surface area contributed by atoms with Gasteiger partial charge in [0.25, 0.3) is 0 Å². The maximum absolute atomic E-state index is 4.95. The second-order valence-electron chi connectivity index (χ2n) is 8.76. The molecular weight excluding hydrogens is 424 g/mol. The van der Waals surface area contributed by atoms with Gasteiger partial charge in [-0.1, -0.05) is 84.1 Å². The van der Waals surface area contributed by atoms with Crippen molar-refractivity contribution in [3.05, 3.63) is 114 Å². The van der Waals surface area contributed by atoms with Crippen molar-refractivity contribution in [3.8, 4) is 0 Å². The standard InChI is InChI=1S/C28H26N4S/c1-3-9-22(10-4-1)21-32-20-17-29-26(32)28(23-11-5-2-6-12-23)15-18-31(19-16-28)27-30-24-13-7-8-14-25(24)33-27/h1-14,17,20H,15-16,18-19,21H2. The Labute approximate surface area is 198 Å². The number of piperidine rings is 1. The minimum absolute atomic E-state index is 0.104. The van der Waals surface area contributed by atoms with Crippen LogP contribution >= 0.6 is 11.3 Å². The number of thiazole rings is 1. The van der Waals surface area contributed by atoms with Crippen LogP contribution in [-0.4, -0.2) is 27.6 Å². The molecule has 0 bridgehead atoms. The summed E-state index contributed by atoms with van der Waals surface area (Å²) in [5.41, 5.74) is 3.64. The number of nitrogens with zero attached hydrogens (tertiary/aromatic N) is 4. The molecule has 1 aliphatic rings. The average Bonchev–Trinajstić information content (AvgIpc) is 3.53. The highest BCUT2D eigenvalue weighted by molar-refractivity contribution is 7.22. The summed E-state index contributed by atoms with van der Waals surface area (Å²) in [6.45, 7) is 2.77. The average molecular weight is 451 g/mol. The Bertz CT molecular complexity index is 1320. The zero-order valence-electron chi connectivity index (χ0n) is 18.5. The van der Waals surface area contributed by atoms with E-state index in [0.717, 1.165) is 43.1 Å². The number of hydrogen-bond donors (Lipinski definition) is 0. The number of fused-ring (bicyclic) bond motifs is 1. The monoisotopic (exact) mass is 450 g/mol. The molecule has 164 valence electrons. The molecule has 0 saturated carbocycles. The van der Waals surface area contributed by atoms with Crippen LogP contribution < -0.4 is 4.90 Å². The summed E-state index contributed by atoms with van der Waals surface area (Å²) in [6, 6.07) is 30.0. The highest BCUT2D eigenvalue weighted by atomic mass is 32.1. The number of imidazole rings is 1. The van der Waals surface area contributed by atoms with Gasteiger partial charge >= 0.3 is 0 Å². The van der Waals surface area contributed by atoms with E-state index in [1.807, 2.05) is 6.20 Å². The van der Waals surface area contributed by atoms with E-state index in [1.165, 1.54) is 21.7 Å². The molecule has 0 atom stereocenters. The van der Waals surface area contributed by atoms with Gasteiger partial charge in [-0.25, -0.2) is 9.97 Å². The van der Waals surface area contributed by atoms with E-state index in [0.29, 0.717) is 0 Å². The largest absolute Gasteiger partial charge is 0.348 e. The van der Waals surface area contributed by atoms with Crippen LogP contribution in [0.3, 0.4) is 0 Å². The molecule has 5 heteroatoms. The van der Waals surface area contributed by atoms with Crippen LogP contribution in [0.15, 0.2) is 97.3 Å². The third-order valence-electron chi connectivity index (χ3n) is 6.84. The quantitative estimate of drug-likeness (QED) is 0.323. The van der Waals surface area contributed by atoms with Crippen LogP contribution in [0.1, 0.15) is 29.8 Å². The summed E-state index contributed by atoms with van der Waals surface area (Å²) >= 11 is 1.80. The second kappa shape index (κ2) is 8.49. The number of hydrogen-bond acceptors (Lipinski definition) is 4. The lowest BCUT2D eigenvalue weighted by Gasteiger charge is -2.42. The minimum atomic E-state index is -0.104. The smallest absolute Gasteiger partial charge is 0.186 e. The number of anilines is 1. The van der Waals surface area contributed by atoms with Crippen molar-refractivity contribution in [3.63, 3.8) is 0 Å². The first-order valence-corrected chi connectivity index (χ1v) is 12.4. The van der Waals surface area contributed by atoms with Gasteiger partial charge in [0.15, 0.2) is 5.13 Å². The molecule has 3 heterocycles. The third-order valence-corrected chi connectivity index (χ3v) is 7.93. The van der Waals surface area contributed by atoms with Crippen LogP contribution in [0.4, 0.5) is 5.13 Å². The van der Waals surface area contributed by atoms with Gasteiger partial charge in [-0.3, -0.25) is 0 Å². The van der Waals surface area contributed by atoms with E-state index in [4.69, 9.17) is 9.97 Å². The van der Waals surface area contributed by atoms with Gasteiger partial charge < -0.3 is 9.47 Å². The van der Waals surface area contributed by atoms with Crippen molar-refractivity contribution < 1.29 is 0 Å². The molecule has 0 unspecified atom stereocenters. The highest BCUT2D eigenvalue weighted by Gasteiger charge is 2.41. The Morgan fingerprint density at radius 2 is 1.52 bits per heavy atom. The Morgan fingerprint density at radius 1 is 0.818 bits per heavy atom. The van der Waals surface area contributed by atoms with E-state index in [9.17, 15) is 0 Å². The van der Waals surface area contributed by atoms with Crippen LogP contribution in [0, 0.1) is 0 Å². The van der Waals surface area contributed by atoms with Crippen molar-refractivity contribution in [2.45, 2.75) is 24.8 Å². The Hall–Kier alpha value is -3.44. The predicted molar refractivity (Wildman–Crippen MR) is 136 cm³/mol. The van der Waals surface area contributed by atoms with Gasteiger partial charge in [0.2, 0.25) is 0 Å². The molecule has 33 heavy (non-hydrogen) atoms. The molecule has 2 aromatic heterocycles. The van der Waals surface area contributed by atoms with Gasteiger partial charge in [-0.15, -0.1) is 0 Å². The van der Waals surface area contributed by atoms with Crippen LogP contribution in [0.25, 0.3) is 10.2 Å². The van der Waals surface area contributed by atoms with Gasteiger partial charge in [0.05, 0.1) is 15.6 Å². The van der Waals surface area contributed by atoms with E-state index in [-0.39, 0.29) is 5.41 Å². The molecule has 0 aliphatic carbocycles. The van der Waals surface area contributed by atoms with Gasteiger partial charge in [-0.2, -0.15) is 0 Å². The van der Waals surface area contributed by atoms with Crippen molar-refractivity contribution in [1.29, 1.82) is 0 Å². The zero-order valence-corrected chi connectivity index (χ0v) is 19.3. The fourth-order valence-corrected chi connectivity index (χ4v) is 6.13. The molecule has 0 amide bonds. The molecule has 4 nitrogen and oxygen atoms in total. The first-order valence-electron chi connectivity index (χ1n) is 11.5. The van der Waals surface area contributed by atoms with Crippen LogP contribution in [-0.2, 0) is 12.0 Å². The second-order valence-corrected chi connectivity index (χ2v) is 9.77. The number of para-hydroxylation sites is 1. The lowest BCUT2D eigenvalue weighted by atomic mass is 9.72. The predicted octanol–water partition coefficient (Wildman–Crippen LogP) is 6.13. The zero-order chi connectivity index (χ0) is 22.1. The molecule has 0 N–H and O–H groups in total. The molecule has 0 spiro atoms. The molecular formula is C28H26N4S. The molecule has 3 aromatic carbocycles. The summed E-state index contributed by atoms with van der Waals surface area (Å²) in [4.78, 5) is 12.3. The highest BCUT2D eigenvalue weighted by Crippen LogP contribution is 2.43. The number of benzene rings is 3. The topological polar surface area (TPSA) is 34.0 Å². The first kappa shape index (κ1) is 20.2. The van der Waals surface area contributed by atoms with Crippen molar-refractivity contribution in [1.82, 2.24) is 14.5 Å². The minimum Gasteiger partial charge on any atom is -0.348 e. The Balaban J connectivity index is 1.34. The first-order chi connectivity index (χ1) is 16.3. The molecule has 0 radical (unpaired) electrons. The van der Waals surface area contributed by atoms with E-state index < -0.39 is 0 Å². The van der Waals surface area contributed by atoms with Crippen LogP contribution in [0.2, 0.25) is 0 Å². The van der Waals surface area contributed by atoms with Crippen LogP contribution in [0.5, 0.6) is 0 Å². The summed E-state index contributed by atoms with van der Waals surface area (Å²) in [5.74, 6) is 1.17. The lowest BCUT2D eigenvalue weighted by Crippen LogP contribution is -2.45. The summed E-state index contributed by atoms with van der Waals surface area (Å²) < 4.78 is 3.60. The van der Waals surface area contributed by atoms with E-state index in [1.54, 1.807) is 11.3 Å². The number of aromatic nitrogens is 3. The SMILES string of the molecule is c1ccc(Cn2ccnc2C2(c3ccccc3)CCN(c3nc4ccccc4s3)CC2)cc1. The molecule has 5 aromatic rings. The molecule has 1 fully saturated rings. The van der Waals surface area contributed by atoms with Crippen molar-refractivity contribution in [2.75, 3.05) is 18.0 Å². The Morgan fingerprint density at radius 3 is 2.27 bits per heavy atom. The number of rotatable bonds is 5. The van der Waals surface area contributed by atoms with E-state index in [2.05, 4.69) is 101 Å². The van der Waals surface area contributed by atoms with Gasteiger partial charge in [0, 0.05) is 32.0 Å².